The number of carbonyl (C=O) groups excluding carboxylic acids is 4. The first-order valence-corrected chi connectivity index (χ1v) is 22.0. The first-order chi connectivity index (χ1) is 26.6. The molecular formula is C41H59N7O7S. The summed E-state index contributed by atoms with van der Waals surface area (Å²) in [6, 6.07) is 6.98. The maximum absolute atomic E-state index is 12.5. The third-order valence-corrected chi connectivity index (χ3v) is 14.2. The Morgan fingerprint density at radius 1 is 1.02 bits per heavy atom. The van der Waals surface area contributed by atoms with Crippen LogP contribution in [0.25, 0.3) is 0 Å². The lowest BCUT2D eigenvalue weighted by molar-refractivity contribution is -0.147. The number of hydrogen-bond acceptors (Lipinski definition) is 9. The Kier molecular flexibility index (Phi) is 12.8. The zero-order valence-corrected chi connectivity index (χ0v) is 33.9. The minimum absolute atomic E-state index is 0.00639. The van der Waals surface area contributed by atoms with E-state index in [1.807, 2.05) is 13.8 Å². The van der Waals surface area contributed by atoms with Gasteiger partial charge in [0.15, 0.2) is 0 Å². The van der Waals surface area contributed by atoms with Gasteiger partial charge in [0.25, 0.3) is 15.9 Å². The average Bonchev–Trinajstić information content (AvgIpc) is 3.74. The first kappa shape index (κ1) is 41.6. The van der Waals surface area contributed by atoms with E-state index in [9.17, 15) is 32.7 Å². The fraction of sp³-hybridized carbons (Fsp3) is 0.683. The van der Waals surface area contributed by atoms with E-state index in [4.69, 9.17) is 5.26 Å². The molecule has 1 aromatic rings. The number of nitrogens with one attached hydrogen (secondary N) is 4. The van der Waals surface area contributed by atoms with Gasteiger partial charge in [-0.3, -0.25) is 14.5 Å². The van der Waals surface area contributed by atoms with Gasteiger partial charge >= 0.3 is 12.1 Å². The lowest BCUT2D eigenvalue weighted by Crippen LogP contribution is -2.65. The molecule has 15 heteroatoms. The Balaban J connectivity index is 0.000000207. The van der Waals surface area contributed by atoms with Crippen molar-refractivity contribution in [2.75, 3.05) is 26.2 Å². The van der Waals surface area contributed by atoms with Gasteiger partial charge in [0.1, 0.15) is 6.04 Å². The second-order valence-corrected chi connectivity index (χ2v) is 19.0. The third-order valence-electron chi connectivity index (χ3n) is 12.9. The molecule has 4 bridgehead atoms. The van der Waals surface area contributed by atoms with Crippen LogP contribution in [-0.4, -0.2) is 96.6 Å². The molecule has 6 amide bonds. The van der Waals surface area contributed by atoms with Crippen molar-refractivity contribution < 1.29 is 32.7 Å². The van der Waals surface area contributed by atoms with Crippen LogP contribution in [0.5, 0.6) is 0 Å². The van der Waals surface area contributed by atoms with Gasteiger partial charge in [0, 0.05) is 30.2 Å². The number of sulfonamides is 1. The number of carbonyl (C=O) groups is 4. The van der Waals surface area contributed by atoms with Crippen molar-refractivity contribution in [2.45, 2.75) is 139 Å². The molecule has 5 N–H and O–H groups in total. The van der Waals surface area contributed by atoms with Gasteiger partial charge in [-0.15, -0.1) is 0 Å². The normalized spacial score (nSPS) is 30.8. The number of aliphatic hydroxyl groups is 1. The van der Waals surface area contributed by atoms with Crippen LogP contribution in [0.3, 0.4) is 0 Å². The fourth-order valence-electron chi connectivity index (χ4n) is 10.4. The van der Waals surface area contributed by atoms with E-state index in [-0.39, 0.29) is 34.3 Å². The third kappa shape index (κ3) is 9.74. The highest BCUT2D eigenvalue weighted by Gasteiger charge is 2.57. The highest BCUT2D eigenvalue weighted by molar-refractivity contribution is 7.90. The van der Waals surface area contributed by atoms with Crippen LogP contribution in [0.4, 0.5) is 9.59 Å². The summed E-state index contributed by atoms with van der Waals surface area (Å²) in [6.07, 6.45) is 12.7. The molecular weight excluding hydrogens is 735 g/mol. The van der Waals surface area contributed by atoms with Crippen molar-refractivity contribution in [3.05, 3.63) is 41.0 Å². The van der Waals surface area contributed by atoms with Gasteiger partial charge in [-0.25, -0.2) is 22.7 Å². The van der Waals surface area contributed by atoms with Crippen LogP contribution in [0.15, 0.2) is 40.3 Å². The number of hydrogen-bond donors (Lipinski definition) is 5. The molecule has 0 aromatic heterocycles. The van der Waals surface area contributed by atoms with E-state index in [0.717, 1.165) is 81.8 Å². The molecule has 0 radical (unpaired) electrons. The molecule has 5 aliphatic carbocycles. The summed E-state index contributed by atoms with van der Waals surface area (Å²) in [5.41, 5.74) is 1.87. The van der Waals surface area contributed by atoms with E-state index < -0.39 is 27.7 Å². The smallest absolute Gasteiger partial charge is 0.328 e. The number of nitriles is 1. The molecule has 1 aromatic carbocycles. The number of urea groups is 2. The molecule has 56 heavy (non-hydrogen) atoms. The van der Waals surface area contributed by atoms with Crippen molar-refractivity contribution in [1.82, 2.24) is 30.5 Å². The minimum Gasteiger partial charge on any atom is -0.390 e. The summed E-state index contributed by atoms with van der Waals surface area (Å²) in [6.45, 7) is 7.55. The summed E-state index contributed by atoms with van der Waals surface area (Å²) in [5, 5.41) is 28.9. The monoisotopic (exact) mass is 793 g/mol. The lowest BCUT2D eigenvalue weighted by atomic mass is 9.51. The molecule has 0 spiro atoms. The van der Waals surface area contributed by atoms with E-state index in [1.54, 1.807) is 17.0 Å². The van der Waals surface area contributed by atoms with Gasteiger partial charge in [-0.05, 0) is 138 Å². The Labute approximate surface area is 331 Å². The zero-order valence-electron chi connectivity index (χ0n) is 33.1. The van der Waals surface area contributed by atoms with Crippen LogP contribution >= 0.6 is 0 Å². The molecule has 306 valence electrons. The average molecular weight is 794 g/mol. The van der Waals surface area contributed by atoms with E-state index in [1.165, 1.54) is 23.5 Å². The quantitative estimate of drug-likeness (QED) is 0.230. The Bertz CT molecular complexity index is 1820. The van der Waals surface area contributed by atoms with Gasteiger partial charge in [-0.2, -0.15) is 5.26 Å². The predicted molar refractivity (Wildman–Crippen MR) is 209 cm³/mol. The van der Waals surface area contributed by atoms with Crippen molar-refractivity contribution in [3.8, 4) is 6.07 Å². The number of rotatable bonds is 10. The fourth-order valence-corrected chi connectivity index (χ4v) is 11.3. The Morgan fingerprint density at radius 3 is 2.30 bits per heavy atom. The van der Waals surface area contributed by atoms with Crippen LogP contribution in [0.2, 0.25) is 0 Å². The highest BCUT2D eigenvalue weighted by atomic mass is 32.2. The van der Waals surface area contributed by atoms with Crippen LogP contribution in [-0.2, 0) is 26.0 Å². The van der Waals surface area contributed by atoms with Crippen LogP contribution < -0.4 is 20.7 Å². The number of benzene rings is 1. The lowest BCUT2D eigenvalue weighted by Gasteiger charge is -2.60. The number of likely N-dealkylation sites (tertiary alicyclic amines) is 1. The summed E-state index contributed by atoms with van der Waals surface area (Å²) >= 11 is 0. The molecule has 5 saturated carbocycles. The summed E-state index contributed by atoms with van der Waals surface area (Å²) < 4.78 is 27.2. The molecule has 6 fully saturated rings. The number of imide groups is 1. The maximum Gasteiger partial charge on any atom is 0.328 e. The van der Waals surface area contributed by atoms with Crippen molar-refractivity contribution in [3.63, 3.8) is 0 Å². The maximum atomic E-state index is 12.5. The van der Waals surface area contributed by atoms with E-state index >= 15 is 0 Å². The predicted octanol–water partition coefficient (Wildman–Crippen LogP) is 4.25. The highest BCUT2D eigenvalue weighted by Crippen LogP contribution is 2.57. The van der Waals surface area contributed by atoms with Crippen molar-refractivity contribution in [1.29, 1.82) is 5.26 Å². The summed E-state index contributed by atoms with van der Waals surface area (Å²) in [7, 11) is -3.98. The van der Waals surface area contributed by atoms with Gasteiger partial charge in [0.2, 0.25) is 5.91 Å². The molecule has 5 atom stereocenters. The molecule has 8 rings (SSSR count). The first-order valence-electron chi connectivity index (χ1n) is 20.5. The minimum atomic E-state index is -3.98. The van der Waals surface area contributed by atoms with E-state index in [2.05, 4.69) is 33.7 Å². The topological polar surface area (TPSA) is 201 Å². The summed E-state index contributed by atoms with van der Waals surface area (Å²) in [5.74, 6) is 1.67. The van der Waals surface area contributed by atoms with Crippen LogP contribution in [0.1, 0.15) is 110 Å². The van der Waals surface area contributed by atoms with Gasteiger partial charge in [0.05, 0.1) is 29.7 Å². The van der Waals surface area contributed by atoms with Crippen molar-refractivity contribution >= 4 is 33.9 Å². The largest absolute Gasteiger partial charge is 0.390 e. The standard InChI is InChI=1S/C24H34N4O5S.C17H25N3O2/c1-4-21-17(3)15-28(22(21)29)24(31)25-14-13-18-7-11-20(12-8-18)34(32,33)27-23(30)26-19-9-5-16(2)6-10-19;18-9-14-2-1-3-20(14)15(21)10-19-16-5-12-4-13(6-16)8-17(22,7-12)11-16/h7-8,11-12,16,19H,4-6,9-10,13-15H2,1-3H3,(H,25,31)(H2,26,27,30);12-14,19,22H,1-8,10-11H2/t;12-,13+,14-,16?,17?/m.0/s1. The SMILES string of the molecule is CCC1=C(C)CN(C(=O)NCCc2ccc(S(=O)(=O)NC(=O)NC3CCC(C)CC3)cc2)C1=O.N#C[C@@H]1CCCN1C(=O)CNC12C[C@@H]3C[C@@H](CC(O)(C3)C1)C2. The van der Waals surface area contributed by atoms with E-state index in [0.29, 0.717) is 62.3 Å². The molecule has 2 aliphatic heterocycles. The zero-order chi connectivity index (χ0) is 40.3. The number of nitrogens with zero attached hydrogens (tertiary/aromatic N) is 3. The molecule has 14 nitrogen and oxygen atoms in total. The molecule has 1 saturated heterocycles. The number of amides is 6. The van der Waals surface area contributed by atoms with Crippen molar-refractivity contribution in [2.24, 2.45) is 17.8 Å². The molecule has 2 heterocycles. The summed E-state index contributed by atoms with van der Waals surface area (Å²) in [4.78, 5) is 52.1. The second kappa shape index (κ2) is 17.2. The Morgan fingerprint density at radius 2 is 1.70 bits per heavy atom. The Hall–Kier alpha value is -4.00. The molecule has 2 unspecified atom stereocenters. The van der Waals surface area contributed by atoms with Gasteiger partial charge in [-0.1, -0.05) is 26.0 Å². The molecule has 7 aliphatic rings. The second-order valence-electron chi connectivity index (χ2n) is 17.4. The van der Waals surface area contributed by atoms with Crippen LogP contribution in [0, 0.1) is 29.1 Å². The van der Waals surface area contributed by atoms with Gasteiger partial charge < -0.3 is 26.0 Å².